The number of piperidine rings is 1. The van der Waals surface area contributed by atoms with Gasteiger partial charge in [-0.15, -0.1) is 0 Å². The molecule has 0 aliphatic carbocycles. The van der Waals surface area contributed by atoms with Crippen LogP contribution in [0.15, 0.2) is 17.1 Å². The molecule has 0 unspecified atom stereocenters. The molecule has 6 nitrogen and oxygen atoms in total. The van der Waals surface area contributed by atoms with Gasteiger partial charge in [0.2, 0.25) is 0 Å². The minimum atomic E-state index is -0.0793. The standard InChI is InChI=1S/C14H22N4O2S/c1-20-12-4-7-17(8-5-12)11-9-14(19)18(16-10-11)6-2-3-13(15)21/h9-10,12H,2-8H2,1H3,(H2,15,21). The fourth-order valence-corrected chi connectivity index (χ4v) is 2.66. The first-order valence-electron chi connectivity index (χ1n) is 7.23. The quantitative estimate of drug-likeness (QED) is 0.788. The number of ether oxygens (including phenoxy) is 1. The zero-order valence-corrected chi connectivity index (χ0v) is 13.1. The van der Waals surface area contributed by atoms with Crippen molar-refractivity contribution in [1.82, 2.24) is 9.78 Å². The molecule has 2 heterocycles. The van der Waals surface area contributed by atoms with Crippen molar-refractivity contribution >= 4 is 22.9 Å². The van der Waals surface area contributed by atoms with E-state index in [0.717, 1.165) is 38.0 Å². The number of anilines is 1. The Hall–Kier alpha value is -1.47. The molecular formula is C14H22N4O2S. The molecular weight excluding hydrogens is 288 g/mol. The fourth-order valence-electron chi connectivity index (χ4n) is 2.52. The highest BCUT2D eigenvalue weighted by molar-refractivity contribution is 7.80. The maximum Gasteiger partial charge on any atom is 0.268 e. The lowest BCUT2D eigenvalue weighted by molar-refractivity contribution is 0.0819. The van der Waals surface area contributed by atoms with E-state index < -0.39 is 0 Å². The van der Waals surface area contributed by atoms with Gasteiger partial charge in [0, 0.05) is 32.8 Å². The molecule has 2 rings (SSSR count). The summed E-state index contributed by atoms with van der Waals surface area (Å²) in [7, 11) is 1.75. The highest BCUT2D eigenvalue weighted by atomic mass is 32.1. The van der Waals surface area contributed by atoms with Gasteiger partial charge < -0.3 is 15.4 Å². The fraction of sp³-hybridized carbons (Fsp3) is 0.643. The maximum absolute atomic E-state index is 12.1. The van der Waals surface area contributed by atoms with Crippen LogP contribution in [-0.2, 0) is 11.3 Å². The van der Waals surface area contributed by atoms with Crippen LogP contribution in [0.3, 0.4) is 0 Å². The molecule has 0 atom stereocenters. The van der Waals surface area contributed by atoms with Gasteiger partial charge in [-0.25, -0.2) is 4.68 Å². The Kier molecular flexibility index (Phi) is 5.69. The van der Waals surface area contributed by atoms with Gasteiger partial charge in [0.25, 0.3) is 5.56 Å². The summed E-state index contributed by atoms with van der Waals surface area (Å²) in [5.41, 5.74) is 6.26. The zero-order valence-electron chi connectivity index (χ0n) is 12.3. The summed E-state index contributed by atoms with van der Waals surface area (Å²) >= 11 is 4.82. The van der Waals surface area contributed by atoms with Crippen molar-refractivity contribution in [1.29, 1.82) is 0 Å². The molecule has 1 aromatic rings. The molecule has 0 saturated carbocycles. The Bertz CT molecular complexity index is 538. The molecule has 1 aliphatic rings. The highest BCUT2D eigenvalue weighted by Gasteiger charge is 2.19. The van der Waals surface area contributed by atoms with Crippen LogP contribution in [0.5, 0.6) is 0 Å². The molecule has 0 amide bonds. The number of nitrogens with zero attached hydrogens (tertiary/aromatic N) is 3. The third kappa shape index (κ3) is 4.50. The van der Waals surface area contributed by atoms with E-state index in [1.54, 1.807) is 19.4 Å². The Balaban J connectivity index is 1.96. The Morgan fingerprint density at radius 2 is 2.24 bits per heavy atom. The van der Waals surface area contributed by atoms with Crippen molar-refractivity contribution in [2.24, 2.45) is 5.73 Å². The normalized spacial score (nSPS) is 16.1. The number of methoxy groups -OCH3 is 1. The summed E-state index contributed by atoms with van der Waals surface area (Å²) < 4.78 is 6.81. The Labute approximate surface area is 129 Å². The van der Waals surface area contributed by atoms with Crippen molar-refractivity contribution in [3.63, 3.8) is 0 Å². The van der Waals surface area contributed by atoms with Crippen molar-refractivity contribution in [3.8, 4) is 0 Å². The number of hydrogen-bond acceptors (Lipinski definition) is 5. The van der Waals surface area contributed by atoms with Crippen LogP contribution in [0.1, 0.15) is 25.7 Å². The van der Waals surface area contributed by atoms with Crippen molar-refractivity contribution in [2.45, 2.75) is 38.3 Å². The molecule has 1 aromatic heterocycles. The summed E-state index contributed by atoms with van der Waals surface area (Å²) in [6.07, 6.45) is 5.42. The van der Waals surface area contributed by atoms with Crippen LogP contribution in [-0.4, -0.2) is 41.1 Å². The van der Waals surface area contributed by atoms with Crippen LogP contribution in [0.4, 0.5) is 5.69 Å². The third-order valence-electron chi connectivity index (χ3n) is 3.79. The van der Waals surface area contributed by atoms with Gasteiger partial charge in [-0.3, -0.25) is 4.79 Å². The largest absolute Gasteiger partial charge is 0.393 e. The van der Waals surface area contributed by atoms with Crippen LogP contribution >= 0.6 is 12.2 Å². The van der Waals surface area contributed by atoms with Crippen molar-refractivity contribution in [2.75, 3.05) is 25.1 Å². The van der Waals surface area contributed by atoms with Crippen LogP contribution < -0.4 is 16.2 Å². The first-order chi connectivity index (χ1) is 10.1. The molecule has 1 saturated heterocycles. The van der Waals surface area contributed by atoms with E-state index in [9.17, 15) is 4.79 Å². The zero-order chi connectivity index (χ0) is 15.2. The maximum atomic E-state index is 12.1. The Morgan fingerprint density at radius 3 is 2.81 bits per heavy atom. The summed E-state index contributed by atoms with van der Waals surface area (Å²) in [5.74, 6) is 0. The lowest BCUT2D eigenvalue weighted by atomic mass is 10.1. The van der Waals surface area contributed by atoms with E-state index in [1.165, 1.54) is 4.68 Å². The second kappa shape index (κ2) is 7.51. The summed E-state index contributed by atoms with van der Waals surface area (Å²) in [6.45, 7) is 2.33. The summed E-state index contributed by atoms with van der Waals surface area (Å²) in [5, 5.41) is 4.24. The van der Waals surface area contributed by atoms with Gasteiger partial charge in [-0.1, -0.05) is 12.2 Å². The second-order valence-electron chi connectivity index (χ2n) is 5.27. The summed E-state index contributed by atoms with van der Waals surface area (Å²) in [6, 6.07) is 1.65. The molecule has 21 heavy (non-hydrogen) atoms. The Morgan fingerprint density at radius 1 is 1.52 bits per heavy atom. The number of rotatable bonds is 6. The van der Waals surface area contributed by atoms with E-state index >= 15 is 0 Å². The van der Waals surface area contributed by atoms with E-state index in [1.807, 2.05) is 0 Å². The van der Waals surface area contributed by atoms with Crippen molar-refractivity contribution < 1.29 is 4.74 Å². The average molecular weight is 310 g/mol. The number of hydrogen-bond donors (Lipinski definition) is 1. The van der Waals surface area contributed by atoms with Gasteiger partial charge in [0.05, 0.1) is 23.0 Å². The smallest absolute Gasteiger partial charge is 0.268 e. The highest BCUT2D eigenvalue weighted by Crippen LogP contribution is 2.18. The van der Waals surface area contributed by atoms with Gasteiger partial charge in [-0.2, -0.15) is 5.10 Å². The lowest BCUT2D eigenvalue weighted by Gasteiger charge is -2.32. The molecule has 2 N–H and O–H groups in total. The molecule has 0 aromatic carbocycles. The number of aromatic nitrogens is 2. The predicted octanol–water partition coefficient (Wildman–Crippen LogP) is 0.925. The van der Waals surface area contributed by atoms with Crippen LogP contribution in [0.25, 0.3) is 0 Å². The SMILES string of the molecule is COC1CCN(c2cnn(CCCC(N)=S)c(=O)c2)CC1. The molecule has 1 fully saturated rings. The van der Waals surface area contributed by atoms with E-state index in [0.29, 0.717) is 24.1 Å². The van der Waals surface area contributed by atoms with E-state index in [4.69, 9.17) is 22.7 Å². The number of thiocarbonyl (C=S) groups is 1. The number of nitrogens with two attached hydrogens (primary N) is 1. The monoisotopic (exact) mass is 310 g/mol. The lowest BCUT2D eigenvalue weighted by Crippen LogP contribution is -2.37. The van der Waals surface area contributed by atoms with E-state index in [-0.39, 0.29) is 5.56 Å². The molecule has 116 valence electrons. The number of aryl methyl sites for hydroxylation is 1. The first kappa shape index (κ1) is 15.9. The molecule has 1 aliphatic heterocycles. The topological polar surface area (TPSA) is 73.4 Å². The van der Waals surface area contributed by atoms with Crippen LogP contribution in [0, 0.1) is 0 Å². The van der Waals surface area contributed by atoms with Gasteiger partial charge in [0.1, 0.15) is 0 Å². The minimum absolute atomic E-state index is 0.0793. The van der Waals surface area contributed by atoms with Crippen molar-refractivity contribution in [3.05, 3.63) is 22.6 Å². The van der Waals surface area contributed by atoms with Gasteiger partial charge in [0.15, 0.2) is 0 Å². The van der Waals surface area contributed by atoms with Gasteiger partial charge in [-0.05, 0) is 25.7 Å². The molecule has 0 bridgehead atoms. The molecule has 0 radical (unpaired) electrons. The summed E-state index contributed by atoms with van der Waals surface area (Å²) in [4.78, 5) is 14.7. The molecule has 7 heteroatoms. The van der Waals surface area contributed by atoms with E-state index in [2.05, 4.69) is 10.00 Å². The predicted molar refractivity (Wildman–Crippen MR) is 86.8 cm³/mol. The first-order valence-corrected chi connectivity index (χ1v) is 7.64. The van der Waals surface area contributed by atoms with Gasteiger partial charge >= 0.3 is 0 Å². The third-order valence-corrected chi connectivity index (χ3v) is 3.99. The second-order valence-corrected chi connectivity index (χ2v) is 5.79. The van der Waals surface area contributed by atoms with Crippen LogP contribution in [0.2, 0.25) is 0 Å². The molecule has 0 spiro atoms. The average Bonchev–Trinajstić information content (AvgIpc) is 2.48. The minimum Gasteiger partial charge on any atom is -0.393 e.